The summed E-state index contributed by atoms with van der Waals surface area (Å²) in [6, 6.07) is 2.12. The van der Waals surface area contributed by atoms with Crippen molar-refractivity contribution >= 4 is 11.8 Å². The van der Waals surface area contributed by atoms with Crippen LogP contribution >= 0.6 is 11.8 Å². The van der Waals surface area contributed by atoms with Gasteiger partial charge in [-0.3, -0.25) is 0 Å². The number of fused-ring (bicyclic) bond motifs is 1. The van der Waals surface area contributed by atoms with Crippen molar-refractivity contribution in [2.45, 2.75) is 43.6 Å². The maximum atomic E-state index is 10.0. The van der Waals surface area contributed by atoms with Gasteiger partial charge in [0.05, 0.1) is 0 Å². The molecule has 1 N–H and O–H groups in total. The predicted octanol–water partition coefficient (Wildman–Crippen LogP) is 3.06. The van der Waals surface area contributed by atoms with Gasteiger partial charge in [0.15, 0.2) is 0 Å². The molecule has 4 nitrogen and oxygen atoms in total. The van der Waals surface area contributed by atoms with Gasteiger partial charge in [0, 0.05) is 19.0 Å². The van der Waals surface area contributed by atoms with E-state index in [4.69, 9.17) is 4.74 Å². The van der Waals surface area contributed by atoms with E-state index in [1.54, 1.807) is 11.8 Å². The summed E-state index contributed by atoms with van der Waals surface area (Å²) in [5.41, 5.74) is 2.62. The summed E-state index contributed by atoms with van der Waals surface area (Å²) in [6.45, 7) is 1.71. The summed E-state index contributed by atoms with van der Waals surface area (Å²) in [6.07, 6.45) is 6.33. The third-order valence-electron chi connectivity index (χ3n) is 4.37. The monoisotopic (exact) mass is 304 g/mol. The summed E-state index contributed by atoms with van der Waals surface area (Å²) < 4.78 is 5.39. The van der Waals surface area contributed by atoms with E-state index in [9.17, 15) is 10.4 Å². The van der Waals surface area contributed by atoms with Crippen molar-refractivity contribution in [1.82, 2.24) is 4.98 Å². The van der Waals surface area contributed by atoms with Crippen molar-refractivity contribution in [2.24, 2.45) is 5.92 Å². The number of hydrogen-bond donors (Lipinski definition) is 1. The molecular formula is C16H20N2O2S. The number of nitriles is 1. The highest BCUT2D eigenvalue weighted by Gasteiger charge is 2.23. The molecule has 0 aromatic carbocycles. The zero-order valence-corrected chi connectivity index (χ0v) is 12.9. The van der Waals surface area contributed by atoms with Gasteiger partial charge in [-0.15, -0.1) is 11.8 Å². The molecule has 112 valence electrons. The van der Waals surface area contributed by atoms with E-state index in [1.807, 2.05) is 0 Å². The number of thioether (sulfide) groups is 1. The zero-order chi connectivity index (χ0) is 14.7. The van der Waals surface area contributed by atoms with Crippen LogP contribution in [0.3, 0.4) is 0 Å². The second kappa shape index (κ2) is 6.67. The Bertz CT molecular complexity index is 562. The van der Waals surface area contributed by atoms with Crippen molar-refractivity contribution in [2.75, 3.05) is 19.0 Å². The normalized spacial score (nSPS) is 19.0. The topological polar surface area (TPSA) is 66.1 Å². The molecule has 3 rings (SSSR count). The van der Waals surface area contributed by atoms with Crippen LogP contribution in [0.1, 0.15) is 42.4 Å². The van der Waals surface area contributed by atoms with Crippen LogP contribution in [0, 0.1) is 17.2 Å². The highest BCUT2D eigenvalue weighted by Crippen LogP contribution is 2.36. The number of ether oxygens (including phenoxy) is 1. The summed E-state index contributed by atoms with van der Waals surface area (Å²) in [5, 5.41) is 20.2. The van der Waals surface area contributed by atoms with Crippen molar-refractivity contribution in [1.29, 1.82) is 5.26 Å². The smallest absolute Gasteiger partial charge is 0.230 e. The lowest BCUT2D eigenvalue weighted by molar-refractivity contribution is 0.0728. The quantitative estimate of drug-likeness (QED) is 0.869. The highest BCUT2D eigenvalue weighted by molar-refractivity contribution is 7.99. The van der Waals surface area contributed by atoms with Crippen LogP contribution in [0.2, 0.25) is 0 Å². The van der Waals surface area contributed by atoms with Gasteiger partial charge >= 0.3 is 0 Å². The van der Waals surface area contributed by atoms with Gasteiger partial charge < -0.3 is 9.84 Å². The minimum Gasteiger partial charge on any atom is -0.492 e. The van der Waals surface area contributed by atoms with E-state index in [2.05, 4.69) is 11.1 Å². The lowest BCUT2D eigenvalue weighted by Crippen LogP contribution is -2.17. The fraction of sp³-hybridized carbons (Fsp3) is 0.625. The van der Waals surface area contributed by atoms with Gasteiger partial charge in [-0.2, -0.15) is 5.26 Å². The van der Waals surface area contributed by atoms with Crippen LogP contribution < -0.4 is 0 Å². The van der Waals surface area contributed by atoms with Crippen LogP contribution in [-0.2, 0) is 17.6 Å². The first-order chi connectivity index (χ1) is 10.3. The first kappa shape index (κ1) is 14.7. The van der Waals surface area contributed by atoms with Crippen LogP contribution in [0.4, 0.5) is 0 Å². The molecule has 0 amide bonds. The second-order valence-corrected chi connectivity index (χ2v) is 6.77. The largest absolute Gasteiger partial charge is 0.492 e. The summed E-state index contributed by atoms with van der Waals surface area (Å²) in [7, 11) is 0. The zero-order valence-electron chi connectivity index (χ0n) is 12.1. The standard InChI is InChI=1S/C16H20N2O2S/c17-9-14-12-3-1-2-4-13(12)16(18-15(14)19)21-10-11-5-7-20-8-6-11/h11H,1-8,10H2,(H,18,19). The molecule has 0 unspecified atom stereocenters. The Balaban J connectivity index is 1.81. The van der Waals surface area contributed by atoms with Gasteiger partial charge in [-0.25, -0.2) is 4.98 Å². The molecule has 5 heteroatoms. The Morgan fingerprint density at radius 2 is 1.95 bits per heavy atom. The molecule has 0 saturated carbocycles. The van der Waals surface area contributed by atoms with Crippen molar-refractivity contribution in [3.63, 3.8) is 0 Å². The van der Waals surface area contributed by atoms with Gasteiger partial charge in [-0.05, 0) is 55.6 Å². The molecule has 0 spiro atoms. The van der Waals surface area contributed by atoms with Gasteiger partial charge in [0.1, 0.15) is 16.7 Å². The average Bonchev–Trinajstić information content (AvgIpc) is 2.54. The molecule has 2 aliphatic rings. The Morgan fingerprint density at radius 3 is 2.67 bits per heavy atom. The van der Waals surface area contributed by atoms with Crippen molar-refractivity contribution in [3.05, 3.63) is 16.7 Å². The molecule has 21 heavy (non-hydrogen) atoms. The predicted molar refractivity (Wildman–Crippen MR) is 81.5 cm³/mol. The maximum Gasteiger partial charge on any atom is 0.230 e. The molecule has 1 aliphatic heterocycles. The molecule has 2 heterocycles. The fourth-order valence-corrected chi connectivity index (χ4v) is 4.40. The molecule has 1 aromatic heterocycles. The van der Waals surface area contributed by atoms with Gasteiger partial charge in [0.2, 0.25) is 5.88 Å². The van der Waals surface area contributed by atoms with Crippen LogP contribution in [0.25, 0.3) is 0 Å². The Kier molecular flexibility index (Phi) is 4.67. The average molecular weight is 304 g/mol. The minimum absolute atomic E-state index is 0.0902. The van der Waals surface area contributed by atoms with E-state index >= 15 is 0 Å². The van der Waals surface area contributed by atoms with E-state index < -0.39 is 0 Å². The van der Waals surface area contributed by atoms with Gasteiger partial charge in [0.25, 0.3) is 0 Å². The molecule has 1 saturated heterocycles. The van der Waals surface area contributed by atoms with Crippen LogP contribution in [-0.4, -0.2) is 29.1 Å². The lowest BCUT2D eigenvalue weighted by Gasteiger charge is -2.23. The van der Waals surface area contributed by atoms with E-state index in [0.29, 0.717) is 11.5 Å². The Hall–Kier alpha value is -1.25. The van der Waals surface area contributed by atoms with Crippen molar-refractivity contribution in [3.8, 4) is 11.9 Å². The number of rotatable bonds is 3. The summed E-state index contributed by atoms with van der Waals surface area (Å²) in [4.78, 5) is 4.31. The fourth-order valence-electron chi connectivity index (χ4n) is 3.12. The van der Waals surface area contributed by atoms with Crippen LogP contribution in [0.15, 0.2) is 5.03 Å². The molecule has 0 bridgehead atoms. The number of nitrogens with zero attached hydrogens (tertiary/aromatic N) is 2. The maximum absolute atomic E-state index is 10.0. The third kappa shape index (κ3) is 3.17. The number of hydrogen-bond acceptors (Lipinski definition) is 5. The third-order valence-corrected chi connectivity index (χ3v) is 5.62. The van der Waals surface area contributed by atoms with E-state index in [0.717, 1.165) is 68.1 Å². The Morgan fingerprint density at radius 1 is 1.24 bits per heavy atom. The lowest BCUT2D eigenvalue weighted by atomic mass is 9.90. The second-order valence-electron chi connectivity index (χ2n) is 5.76. The molecular weight excluding hydrogens is 284 g/mol. The molecule has 1 aliphatic carbocycles. The molecule has 0 radical (unpaired) electrons. The van der Waals surface area contributed by atoms with Gasteiger partial charge in [-0.1, -0.05) is 0 Å². The molecule has 1 fully saturated rings. The number of aromatic nitrogens is 1. The first-order valence-electron chi connectivity index (χ1n) is 7.65. The SMILES string of the molecule is N#Cc1c(O)nc(SCC2CCOCC2)c2c1CCCC2. The van der Waals surface area contributed by atoms with Crippen molar-refractivity contribution < 1.29 is 9.84 Å². The molecule has 0 atom stereocenters. The Labute approximate surface area is 129 Å². The van der Waals surface area contributed by atoms with Crippen LogP contribution in [0.5, 0.6) is 5.88 Å². The summed E-state index contributed by atoms with van der Waals surface area (Å²) in [5.74, 6) is 1.60. The molecule has 1 aromatic rings. The number of aromatic hydroxyl groups is 1. The minimum atomic E-state index is -0.0902. The summed E-state index contributed by atoms with van der Waals surface area (Å²) >= 11 is 1.74. The van der Waals surface area contributed by atoms with E-state index in [-0.39, 0.29) is 5.88 Å². The highest BCUT2D eigenvalue weighted by atomic mass is 32.2. The van der Waals surface area contributed by atoms with E-state index in [1.165, 1.54) is 5.56 Å². The number of pyridine rings is 1. The first-order valence-corrected chi connectivity index (χ1v) is 8.63.